The summed E-state index contributed by atoms with van der Waals surface area (Å²) in [5.74, 6) is 2.48. The molecule has 0 amide bonds. The van der Waals surface area contributed by atoms with E-state index in [4.69, 9.17) is 0 Å². The molecule has 1 saturated carbocycles. The number of allylic oxidation sites excluding steroid dienone is 4. The first kappa shape index (κ1) is 22.4. The zero-order valence-electron chi connectivity index (χ0n) is 21.1. The fourth-order valence-corrected chi connectivity index (χ4v) is 12.3. The minimum absolute atomic E-state index is 0.489. The largest absolute Gasteiger partial charge is 0.366 e. The number of nitrogens with one attached hydrogen (secondary N) is 1. The van der Waals surface area contributed by atoms with Gasteiger partial charge in [0.25, 0.3) is 0 Å². The third-order valence-electron chi connectivity index (χ3n) is 8.88. The lowest BCUT2D eigenvalue weighted by atomic mass is 9.80. The second kappa shape index (κ2) is 8.87. The standard InChI is InChI=1S/C32H36N2Si/c1-4-23-22-27-25(24-14-6-5-7-15-24)16-8-9-17-26(27)32(23)35(2,3)34-30-20-12-10-18-28(30)33-29-19-11-13-21-31(29)34/h5-21,23,25-27,32-33H,4,22H2,1-3H3/t23-,25?,26+,27-,32?/m1/s1. The van der Waals surface area contributed by atoms with Crippen molar-refractivity contribution < 1.29 is 0 Å². The summed E-state index contributed by atoms with van der Waals surface area (Å²) < 4.78 is 2.79. The summed E-state index contributed by atoms with van der Waals surface area (Å²) in [6, 6.07) is 29.0. The molecule has 0 saturated heterocycles. The van der Waals surface area contributed by atoms with Gasteiger partial charge in [-0.05, 0) is 59.5 Å². The van der Waals surface area contributed by atoms with E-state index < -0.39 is 8.24 Å². The lowest BCUT2D eigenvalue weighted by Gasteiger charge is -2.49. The summed E-state index contributed by atoms with van der Waals surface area (Å²) in [6.45, 7) is 7.68. The molecule has 1 N–H and O–H groups in total. The highest BCUT2D eigenvalue weighted by Gasteiger charge is 2.54. The van der Waals surface area contributed by atoms with Gasteiger partial charge in [0.05, 0.1) is 22.7 Å². The van der Waals surface area contributed by atoms with Crippen LogP contribution in [0, 0.1) is 17.8 Å². The maximum absolute atomic E-state index is 3.71. The Bertz CT molecular complexity index is 1220. The van der Waals surface area contributed by atoms with Gasteiger partial charge >= 0.3 is 0 Å². The molecule has 1 heterocycles. The zero-order chi connectivity index (χ0) is 24.0. The molecule has 2 nitrogen and oxygen atoms in total. The van der Waals surface area contributed by atoms with E-state index in [1.807, 2.05) is 0 Å². The van der Waals surface area contributed by atoms with Crippen LogP contribution in [0.15, 0.2) is 103 Å². The number of para-hydroxylation sites is 4. The number of nitrogens with zero attached hydrogens (tertiary/aromatic N) is 1. The van der Waals surface area contributed by atoms with Crippen molar-refractivity contribution in [3.05, 3.63) is 109 Å². The average molecular weight is 477 g/mol. The third kappa shape index (κ3) is 3.68. The molecule has 1 aliphatic heterocycles. The number of hydrogen-bond donors (Lipinski definition) is 1. The molecule has 35 heavy (non-hydrogen) atoms. The summed E-state index contributed by atoms with van der Waals surface area (Å²) in [5.41, 5.74) is 7.30. The molecule has 3 aromatic carbocycles. The molecule has 2 aliphatic carbocycles. The summed E-state index contributed by atoms with van der Waals surface area (Å²) in [5, 5.41) is 3.71. The first-order valence-electron chi connectivity index (χ1n) is 13.2. The molecule has 3 aromatic rings. The normalized spacial score (nSPS) is 26.9. The highest BCUT2D eigenvalue weighted by molar-refractivity contribution is 6.84. The fraction of sp³-hybridized carbons (Fsp3) is 0.312. The van der Waals surface area contributed by atoms with Crippen LogP contribution in [-0.2, 0) is 0 Å². The molecular formula is C32H36N2Si. The van der Waals surface area contributed by atoms with E-state index in [-0.39, 0.29) is 0 Å². The van der Waals surface area contributed by atoms with Crippen molar-refractivity contribution >= 4 is 31.0 Å². The van der Waals surface area contributed by atoms with E-state index in [2.05, 4.69) is 133 Å². The van der Waals surface area contributed by atoms with Crippen molar-refractivity contribution in [1.82, 2.24) is 0 Å². The molecule has 5 atom stereocenters. The van der Waals surface area contributed by atoms with Crippen LogP contribution in [0.2, 0.25) is 18.6 Å². The van der Waals surface area contributed by atoms with Crippen molar-refractivity contribution in [2.24, 2.45) is 17.8 Å². The number of benzene rings is 3. The molecule has 1 fully saturated rings. The van der Waals surface area contributed by atoms with Crippen molar-refractivity contribution in [1.29, 1.82) is 0 Å². The van der Waals surface area contributed by atoms with Gasteiger partial charge in [-0.25, -0.2) is 0 Å². The molecule has 178 valence electrons. The summed E-state index contributed by atoms with van der Waals surface area (Å²) in [4.78, 5) is 0. The van der Waals surface area contributed by atoms with Crippen LogP contribution in [-0.4, -0.2) is 8.24 Å². The van der Waals surface area contributed by atoms with Gasteiger partial charge in [0.1, 0.15) is 0 Å². The van der Waals surface area contributed by atoms with Crippen molar-refractivity contribution in [3.63, 3.8) is 0 Å². The average Bonchev–Trinajstić information content (AvgIpc) is 3.14. The first-order chi connectivity index (χ1) is 17.1. The van der Waals surface area contributed by atoms with E-state index in [9.17, 15) is 0 Å². The molecule has 6 rings (SSSR count). The van der Waals surface area contributed by atoms with Gasteiger partial charge in [0, 0.05) is 5.92 Å². The number of anilines is 4. The Morgan fingerprint density at radius 1 is 0.800 bits per heavy atom. The third-order valence-corrected chi connectivity index (χ3v) is 13.0. The van der Waals surface area contributed by atoms with E-state index in [1.54, 1.807) is 0 Å². The summed E-state index contributed by atoms with van der Waals surface area (Å²) >= 11 is 0. The summed E-state index contributed by atoms with van der Waals surface area (Å²) in [6.07, 6.45) is 12.2. The molecule has 2 unspecified atom stereocenters. The fourth-order valence-electron chi connectivity index (χ4n) is 7.50. The zero-order valence-corrected chi connectivity index (χ0v) is 22.1. The second-order valence-corrected chi connectivity index (χ2v) is 15.4. The molecule has 0 radical (unpaired) electrons. The Labute approximate surface area is 211 Å². The Morgan fingerprint density at radius 2 is 1.40 bits per heavy atom. The molecule has 0 bridgehead atoms. The molecule has 3 aliphatic rings. The SMILES string of the molecule is CC[C@@H]1C[C@@H]2C(c3ccccc3)C=CC=C[C@@H]2C1[Si](C)(C)N1c2ccccc2Nc2ccccc21. The molecule has 3 heteroatoms. The van der Waals surface area contributed by atoms with Crippen LogP contribution in [0.1, 0.15) is 31.2 Å². The molecular weight excluding hydrogens is 440 g/mol. The van der Waals surface area contributed by atoms with Gasteiger partial charge in [0.2, 0.25) is 0 Å². The van der Waals surface area contributed by atoms with Crippen LogP contribution in [0.3, 0.4) is 0 Å². The van der Waals surface area contributed by atoms with Gasteiger partial charge in [-0.1, -0.05) is 105 Å². The smallest absolute Gasteiger partial charge is 0.160 e. The second-order valence-electron chi connectivity index (χ2n) is 11.0. The lowest BCUT2D eigenvalue weighted by Crippen LogP contribution is -2.53. The van der Waals surface area contributed by atoms with Crippen LogP contribution in [0.5, 0.6) is 0 Å². The monoisotopic (exact) mass is 476 g/mol. The molecule has 0 spiro atoms. The summed E-state index contributed by atoms with van der Waals surface area (Å²) in [7, 11) is -2.00. The lowest BCUT2D eigenvalue weighted by molar-refractivity contribution is 0.411. The highest BCUT2D eigenvalue weighted by atomic mass is 28.3. The van der Waals surface area contributed by atoms with E-state index in [1.165, 1.54) is 41.2 Å². The van der Waals surface area contributed by atoms with Crippen LogP contribution in [0.4, 0.5) is 22.7 Å². The van der Waals surface area contributed by atoms with Crippen LogP contribution >= 0.6 is 0 Å². The Hall–Kier alpha value is -3.04. The van der Waals surface area contributed by atoms with E-state index in [0.717, 1.165) is 5.92 Å². The van der Waals surface area contributed by atoms with Crippen molar-refractivity contribution in [2.75, 3.05) is 9.88 Å². The predicted octanol–water partition coefficient (Wildman–Crippen LogP) is 9.03. The Kier molecular flexibility index (Phi) is 5.68. The quantitative estimate of drug-likeness (QED) is 0.378. The van der Waals surface area contributed by atoms with Gasteiger partial charge in [-0.3, -0.25) is 0 Å². The topological polar surface area (TPSA) is 15.3 Å². The van der Waals surface area contributed by atoms with Gasteiger partial charge in [0.15, 0.2) is 8.24 Å². The highest BCUT2D eigenvalue weighted by Crippen LogP contribution is 2.60. The first-order valence-corrected chi connectivity index (χ1v) is 16.3. The minimum Gasteiger partial charge on any atom is -0.366 e. The number of hydrogen-bond acceptors (Lipinski definition) is 2. The predicted molar refractivity (Wildman–Crippen MR) is 152 cm³/mol. The Morgan fingerprint density at radius 3 is 2.06 bits per heavy atom. The van der Waals surface area contributed by atoms with Gasteiger partial charge in [-0.15, -0.1) is 0 Å². The number of fused-ring (bicyclic) bond motifs is 3. The van der Waals surface area contributed by atoms with Crippen molar-refractivity contribution in [2.45, 2.75) is 44.3 Å². The minimum atomic E-state index is -2.00. The van der Waals surface area contributed by atoms with Crippen LogP contribution < -0.4 is 9.88 Å². The van der Waals surface area contributed by atoms with E-state index in [0.29, 0.717) is 23.3 Å². The maximum Gasteiger partial charge on any atom is 0.160 e. The molecule has 0 aromatic heterocycles. The number of rotatable bonds is 4. The van der Waals surface area contributed by atoms with Crippen molar-refractivity contribution in [3.8, 4) is 0 Å². The van der Waals surface area contributed by atoms with Crippen LogP contribution in [0.25, 0.3) is 0 Å². The maximum atomic E-state index is 3.71. The van der Waals surface area contributed by atoms with Gasteiger partial charge in [-0.2, -0.15) is 0 Å². The Balaban J connectivity index is 1.46. The van der Waals surface area contributed by atoms with Gasteiger partial charge < -0.3 is 9.88 Å². The van der Waals surface area contributed by atoms with E-state index >= 15 is 0 Å².